The minimum absolute atomic E-state index is 0.186. The Hall–Kier alpha value is -2.25. The Morgan fingerprint density at radius 1 is 1.11 bits per heavy atom. The number of halogens is 1. The first-order valence-electron chi connectivity index (χ1n) is 9.11. The Kier molecular flexibility index (Phi) is 4.74. The Labute approximate surface area is 163 Å². The van der Waals surface area contributed by atoms with Crippen LogP contribution in [0.25, 0.3) is 11.2 Å². The van der Waals surface area contributed by atoms with E-state index in [1.807, 2.05) is 24.3 Å². The number of aromatic nitrogens is 5. The number of hydrogen-bond acceptors (Lipinski definition) is 6. The lowest BCUT2D eigenvalue weighted by atomic mass is 9.95. The molecular formula is C19H23ClN6O. The predicted molar refractivity (Wildman–Crippen MR) is 105 cm³/mol. The van der Waals surface area contributed by atoms with Gasteiger partial charge in [-0.3, -0.25) is 0 Å². The van der Waals surface area contributed by atoms with E-state index < -0.39 is 0 Å². The topological polar surface area (TPSA) is 69.0 Å². The van der Waals surface area contributed by atoms with Gasteiger partial charge in [-0.2, -0.15) is 0 Å². The summed E-state index contributed by atoms with van der Waals surface area (Å²) in [6.45, 7) is 9.78. The van der Waals surface area contributed by atoms with Crippen LogP contribution >= 0.6 is 11.6 Å². The van der Waals surface area contributed by atoms with E-state index in [2.05, 4.69) is 36.0 Å². The summed E-state index contributed by atoms with van der Waals surface area (Å²) < 4.78 is 7.29. The Morgan fingerprint density at radius 3 is 2.56 bits per heavy atom. The molecule has 0 radical (unpaired) electrons. The molecule has 3 aromatic rings. The standard InChI is InChI=1S/C19H23ClN6O/c1-19(2,3)18-21-16(25-8-10-27-11-9-25)15-17(22-18)26(24-23-15)12-13-6-4-5-7-14(13)20/h4-7H,8-12H2,1-3H3. The third-order valence-electron chi connectivity index (χ3n) is 4.60. The average molecular weight is 387 g/mol. The first-order chi connectivity index (χ1) is 12.9. The average Bonchev–Trinajstić information content (AvgIpc) is 3.06. The molecule has 0 saturated carbocycles. The first kappa shape index (κ1) is 18.1. The molecule has 0 atom stereocenters. The van der Waals surface area contributed by atoms with E-state index in [1.165, 1.54) is 0 Å². The summed E-state index contributed by atoms with van der Waals surface area (Å²) in [5.41, 5.74) is 2.25. The highest BCUT2D eigenvalue weighted by molar-refractivity contribution is 6.31. The van der Waals surface area contributed by atoms with Crippen molar-refractivity contribution in [1.29, 1.82) is 0 Å². The number of anilines is 1. The second-order valence-corrected chi connectivity index (χ2v) is 8.14. The molecule has 27 heavy (non-hydrogen) atoms. The highest BCUT2D eigenvalue weighted by atomic mass is 35.5. The van der Waals surface area contributed by atoms with E-state index in [4.69, 9.17) is 26.3 Å². The summed E-state index contributed by atoms with van der Waals surface area (Å²) in [5, 5.41) is 9.47. The maximum Gasteiger partial charge on any atom is 0.184 e. The molecule has 1 fully saturated rings. The summed E-state index contributed by atoms with van der Waals surface area (Å²) in [7, 11) is 0. The highest BCUT2D eigenvalue weighted by Gasteiger charge is 2.26. The van der Waals surface area contributed by atoms with Crippen LogP contribution in [0.4, 0.5) is 5.82 Å². The van der Waals surface area contributed by atoms with Gasteiger partial charge >= 0.3 is 0 Å². The minimum atomic E-state index is -0.186. The molecule has 0 aliphatic carbocycles. The van der Waals surface area contributed by atoms with Gasteiger partial charge in [-0.25, -0.2) is 14.6 Å². The number of rotatable bonds is 3. The van der Waals surface area contributed by atoms with Crippen molar-refractivity contribution in [3.8, 4) is 0 Å². The molecule has 1 aliphatic rings. The number of benzene rings is 1. The van der Waals surface area contributed by atoms with Crippen LogP contribution in [0.15, 0.2) is 24.3 Å². The quantitative estimate of drug-likeness (QED) is 0.689. The molecule has 0 spiro atoms. The van der Waals surface area contributed by atoms with Crippen molar-refractivity contribution < 1.29 is 4.74 Å². The van der Waals surface area contributed by atoms with Crippen molar-refractivity contribution >= 4 is 28.6 Å². The molecule has 0 unspecified atom stereocenters. The van der Waals surface area contributed by atoms with Crippen molar-refractivity contribution in [2.75, 3.05) is 31.2 Å². The second kappa shape index (κ2) is 7.05. The van der Waals surface area contributed by atoms with Crippen LogP contribution in [0.5, 0.6) is 0 Å². The zero-order valence-electron chi connectivity index (χ0n) is 15.8. The highest BCUT2D eigenvalue weighted by Crippen LogP contribution is 2.28. The molecule has 0 N–H and O–H groups in total. The van der Waals surface area contributed by atoms with Gasteiger partial charge in [0.1, 0.15) is 5.82 Å². The Balaban J connectivity index is 1.83. The molecule has 1 saturated heterocycles. The summed E-state index contributed by atoms with van der Waals surface area (Å²) in [6.07, 6.45) is 0. The van der Waals surface area contributed by atoms with Crippen molar-refractivity contribution in [2.45, 2.75) is 32.7 Å². The van der Waals surface area contributed by atoms with Crippen LogP contribution in [0.1, 0.15) is 32.2 Å². The summed E-state index contributed by atoms with van der Waals surface area (Å²) in [4.78, 5) is 11.9. The van der Waals surface area contributed by atoms with Gasteiger partial charge in [0.2, 0.25) is 0 Å². The van der Waals surface area contributed by atoms with E-state index in [1.54, 1.807) is 4.68 Å². The van der Waals surface area contributed by atoms with Crippen LogP contribution in [0.3, 0.4) is 0 Å². The van der Waals surface area contributed by atoms with Gasteiger partial charge in [-0.1, -0.05) is 55.8 Å². The molecule has 1 aromatic carbocycles. The first-order valence-corrected chi connectivity index (χ1v) is 9.49. The van der Waals surface area contributed by atoms with Crippen LogP contribution in [0, 0.1) is 0 Å². The van der Waals surface area contributed by atoms with Gasteiger partial charge in [0.05, 0.1) is 19.8 Å². The van der Waals surface area contributed by atoms with Gasteiger partial charge in [0.15, 0.2) is 17.0 Å². The summed E-state index contributed by atoms with van der Waals surface area (Å²) in [6, 6.07) is 7.76. The fourth-order valence-electron chi connectivity index (χ4n) is 3.07. The molecule has 142 valence electrons. The number of ether oxygens (including phenoxy) is 1. The maximum absolute atomic E-state index is 6.33. The second-order valence-electron chi connectivity index (χ2n) is 7.73. The lowest BCUT2D eigenvalue weighted by Gasteiger charge is -2.29. The number of fused-ring (bicyclic) bond motifs is 1. The Morgan fingerprint density at radius 2 is 1.85 bits per heavy atom. The molecule has 7 nitrogen and oxygen atoms in total. The zero-order valence-corrected chi connectivity index (χ0v) is 16.6. The van der Waals surface area contributed by atoms with Gasteiger partial charge in [0.25, 0.3) is 0 Å². The van der Waals surface area contributed by atoms with E-state index in [-0.39, 0.29) is 5.41 Å². The number of hydrogen-bond donors (Lipinski definition) is 0. The monoisotopic (exact) mass is 386 g/mol. The summed E-state index contributed by atoms with van der Waals surface area (Å²) in [5.74, 6) is 1.61. The molecule has 4 rings (SSSR count). The number of morpholine rings is 1. The smallest absolute Gasteiger partial charge is 0.184 e. The van der Waals surface area contributed by atoms with E-state index >= 15 is 0 Å². The molecule has 1 aliphatic heterocycles. The van der Waals surface area contributed by atoms with E-state index in [0.29, 0.717) is 24.8 Å². The van der Waals surface area contributed by atoms with Crippen LogP contribution in [-0.2, 0) is 16.7 Å². The van der Waals surface area contributed by atoms with Crippen LogP contribution < -0.4 is 4.90 Å². The maximum atomic E-state index is 6.33. The SMILES string of the molecule is CC(C)(C)c1nc(N2CCOCC2)c2nnn(Cc3ccccc3Cl)c2n1. The van der Waals surface area contributed by atoms with Gasteiger partial charge in [0, 0.05) is 23.5 Å². The Bertz CT molecular complexity index is 958. The lowest BCUT2D eigenvalue weighted by molar-refractivity contribution is 0.122. The van der Waals surface area contributed by atoms with Crippen molar-refractivity contribution in [3.05, 3.63) is 40.7 Å². The van der Waals surface area contributed by atoms with Crippen LogP contribution in [-0.4, -0.2) is 51.3 Å². The fraction of sp³-hybridized carbons (Fsp3) is 0.474. The van der Waals surface area contributed by atoms with Gasteiger partial charge in [-0.05, 0) is 11.6 Å². The van der Waals surface area contributed by atoms with Gasteiger partial charge < -0.3 is 9.64 Å². The van der Waals surface area contributed by atoms with Crippen molar-refractivity contribution in [2.24, 2.45) is 0 Å². The van der Waals surface area contributed by atoms with Crippen molar-refractivity contribution in [1.82, 2.24) is 25.0 Å². The minimum Gasteiger partial charge on any atom is -0.378 e. The number of nitrogens with zero attached hydrogens (tertiary/aromatic N) is 6. The van der Waals surface area contributed by atoms with Crippen LogP contribution in [0.2, 0.25) is 5.02 Å². The molecule has 0 bridgehead atoms. The third-order valence-corrected chi connectivity index (χ3v) is 4.97. The largest absolute Gasteiger partial charge is 0.378 e. The molecule has 3 heterocycles. The third kappa shape index (κ3) is 3.61. The van der Waals surface area contributed by atoms with E-state index in [9.17, 15) is 0 Å². The van der Waals surface area contributed by atoms with E-state index in [0.717, 1.165) is 41.5 Å². The summed E-state index contributed by atoms with van der Waals surface area (Å²) >= 11 is 6.33. The molecule has 2 aromatic heterocycles. The molecule has 0 amide bonds. The molecule has 8 heteroatoms. The fourth-order valence-corrected chi connectivity index (χ4v) is 3.26. The van der Waals surface area contributed by atoms with Gasteiger partial charge in [-0.15, -0.1) is 5.10 Å². The van der Waals surface area contributed by atoms with Crippen molar-refractivity contribution in [3.63, 3.8) is 0 Å². The molecular weight excluding hydrogens is 364 g/mol. The lowest BCUT2D eigenvalue weighted by Crippen LogP contribution is -2.37. The zero-order chi connectivity index (χ0) is 19.0. The predicted octanol–water partition coefficient (Wildman–Crippen LogP) is 3.06. The normalized spacial score (nSPS) is 15.5.